The summed E-state index contributed by atoms with van der Waals surface area (Å²) in [5.74, 6) is 0.0782. The molecule has 4 aromatic rings. The van der Waals surface area contributed by atoms with Crippen LogP contribution in [0.1, 0.15) is 6.42 Å². The molecule has 3 aromatic heterocycles. The smallest absolute Gasteiger partial charge is 0.236 e. The number of thiazole rings is 1. The van der Waals surface area contributed by atoms with Gasteiger partial charge < -0.3 is 15.6 Å². The minimum absolute atomic E-state index is 0.0980. The average Bonchev–Trinajstić information content (AvgIpc) is 3.53. The summed E-state index contributed by atoms with van der Waals surface area (Å²) < 4.78 is 1.81. The molecule has 3 N–H and O–H groups in total. The first-order valence-electron chi connectivity index (χ1n) is 9.49. The molecule has 0 aliphatic carbocycles. The number of nitrogens with two attached hydrogens (primary N) is 1. The Labute approximate surface area is 211 Å². The summed E-state index contributed by atoms with van der Waals surface area (Å²) >= 11 is 16.1. The highest BCUT2D eigenvalue weighted by molar-refractivity contribution is 7.99. The zero-order valence-corrected chi connectivity index (χ0v) is 20.8. The van der Waals surface area contributed by atoms with E-state index in [0.717, 1.165) is 10.4 Å². The van der Waals surface area contributed by atoms with Crippen LogP contribution in [-0.2, 0) is 16.1 Å². The van der Waals surface area contributed by atoms with E-state index in [1.807, 2.05) is 29.0 Å². The Hall–Kier alpha value is -2.44. The van der Waals surface area contributed by atoms with E-state index in [1.165, 1.54) is 34.4 Å². The van der Waals surface area contributed by atoms with Gasteiger partial charge in [0.05, 0.1) is 26.4 Å². The Morgan fingerprint density at radius 1 is 1.15 bits per heavy atom. The molecule has 13 heteroatoms. The van der Waals surface area contributed by atoms with Crippen LogP contribution >= 0.6 is 57.6 Å². The first-order valence-corrected chi connectivity index (χ1v) is 13.0. The largest absolute Gasteiger partial charge is 0.370 e. The fourth-order valence-corrected chi connectivity index (χ4v) is 5.33. The zero-order chi connectivity index (χ0) is 23.4. The molecule has 0 saturated carbocycles. The van der Waals surface area contributed by atoms with E-state index in [2.05, 4.69) is 20.5 Å². The van der Waals surface area contributed by atoms with Crippen molar-refractivity contribution >= 4 is 74.6 Å². The Morgan fingerprint density at radius 3 is 2.73 bits per heavy atom. The molecule has 1 aromatic carbocycles. The van der Waals surface area contributed by atoms with Crippen molar-refractivity contribution in [2.45, 2.75) is 18.1 Å². The van der Waals surface area contributed by atoms with E-state index in [1.54, 1.807) is 16.7 Å². The molecule has 2 amide bonds. The van der Waals surface area contributed by atoms with Crippen molar-refractivity contribution in [2.24, 2.45) is 5.73 Å². The predicted molar refractivity (Wildman–Crippen MR) is 134 cm³/mol. The molecular formula is C20H16Cl2N6O2S3. The lowest BCUT2D eigenvalue weighted by Crippen LogP contribution is -2.16. The van der Waals surface area contributed by atoms with Crippen molar-refractivity contribution < 1.29 is 9.59 Å². The number of primary amides is 1. The molecule has 0 saturated heterocycles. The van der Waals surface area contributed by atoms with Gasteiger partial charge in [0.25, 0.3) is 0 Å². The molecule has 0 aliphatic heterocycles. The number of nitrogens with one attached hydrogen (secondary N) is 1. The molecule has 8 nitrogen and oxygen atoms in total. The van der Waals surface area contributed by atoms with Gasteiger partial charge in [0.15, 0.2) is 16.1 Å². The topological polar surface area (TPSA) is 116 Å². The molecule has 0 fully saturated rings. The Bertz CT molecular complexity index is 1290. The van der Waals surface area contributed by atoms with Crippen LogP contribution in [0.2, 0.25) is 10.0 Å². The van der Waals surface area contributed by atoms with Crippen LogP contribution in [0.15, 0.2) is 46.2 Å². The lowest BCUT2D eigenvalue weighted by Gasteiger charge is -2.08. The third-order valence-corrected chi connectivity index (χ3v) is 7.67. The van der Waals surface area contributed by atoms with Crippen LogP contribution in [0.25, 0.3) is 22.0 Å². The molecule has 0 spiro atoms. The zero-order valence-electron chi connectivity index (χ0n) is 16.8. The molecule has 3 heterocycles. The lowest BCUT2D eigenvalue weighted by molar-refractivity contribution is -0.118. The first kappa shape index (κ1) is 23.7. The van der Waals surface area contributed by atoms with Gasteiger partial charge in [-0.3, -0.25) is 9.59 Å². The van der Waals surface area contributed by atoms with E-state index < -0.39 is 5.91 Å². The van der Waals surface area contributed by atoms with E-state index in [-0.39, 0.29) is 18.1 Å². The summed E-state index contributed by atoms with van der Waals surface area (Å²) in [6, 6.07) is 9.07. The van der Waals surface area contributed by atoms with Gasteiger partial charge in [0.2, 0.25) is 11.8 Å². The second-order valence-electron chi connectivity index (χ2n) is 6.66. The molecule has 4 rings (SSSR count). The van der Waals surface area contributed by atoms with Gasteiger partial charge in [-0.15, -0.1) is 32.9 Å². The molecule has 0 aliphatic rings. The maximum atomic E-state index is 12.5. The number of halogens is 2. The van der Waals surface area contributed by atoms with E-state index in [4.69, 9.17) is 28.9 Å². The third-order valence-electron chi connectivity index (χ3n) is 4.34. The number of thioether (sulfide) groups is 1. The van der Waals surface area contributed by atoms with Crippen molar-refractivity contribution in [3.8, 4) is 22.0 Å². The number of benzene rings is 1. The molecule has 170 valence electrons. The number of hydrogen-bond acceptors (Lipinski definition) is 8. The summed E-state index contributed by atoms with van der Waals surface area (Å²) in [5.41, 5.74) is 6.81. The van der Waals surface area contributed by atoms with Gasteiger partial charge in [-0.25, -0.2) is 4.98 Å². The second-order valence-corrected chi connectivity index (χ2v) is 10.2. The SMILES string of the molecule is NC(=O)CCn1c(SCC(=O)Nc2nc(-c3ccc(Cl)c(Cl)c3)cs2)nnc1-c1cccs1. The number of nitrogens with zero attached hydrogens (tertiary/aromatic N) is 4. The summed E-state index contributed by atoms with van der Waals surface area (Å²) in [6.07, 6.45) is 0.146. The number of carbonyl (C=O) groups is 2. The number of rotatable bonds is 9. The van der Waals surface area contributed by atoms with E-state index in [9.17, 15) is 9.59 Å². The fraction of sp³-hybridized carbons (Fsp3) is 0.150. The van der Waals surface area contributed by atoms with Gasteiger partial charge in [-0.05, 0) is 23.6 Å². The maximum absolute atomic E-state index is 12.5. The van der Waals surface area contributed by atoms with Gasteiger partial charge in [-0.2, -0.15) is 0 Å². The summed E-state index contributed by atoms with van der Waals surface area (Å²) in [7, 11) is 0. The Morgan fingerprint density at radius 2 is 2.00 bits per heavy atom. The highest BCUT2D eigenvalue weighted by Crippen LogP contribution is 2.31. The quantitative estimate of drug-likeness (QED) is 0.288. The average molecular weight is 539 g/mol. The minimum Gasteiger partial charge on any atom is -0.370 e. The molecule has 0 atom stereocenters. The first-order chi connectivity index (χ1) is 15.9. The van der Waals surface area contributed by atoms with Crippen molar-refractivity contribution in [1.29, 1.82) is 0 Å². The van der Waals surface area contributed by atoms with E-state index >= 15 is 0 Å². The highest BCUT2D eigenvalue weighted by atomic mass is 35.5. The summed E-state index contributed by atoms with van der Waals surface area (Å²) in [4.78, 5) is 29.2. The van der Waals surface area contributed by atoms with Crippen molar-refractivity contribution in [1.82, 2.24) is 19.7 Å². The number of carbonyl (C=O) groups excluding carboxylic acids is 2. The second kappa shape index (κ2) is 10.7. The highest BCUT2D eigenvalue weighted by Gasteiger charge is 2.17. The maximum Gasteiger partial charge on any atom is 0.236 e. The normalized spacial score (nSPS) is 11.0. The third kappa shape index (κ3) is 5.92. The number of amides is 2. The van der Waals surface area contributed by atoms with Crippen LogP contribution in [-0.4, -0.2) is 37.3 Å². The van der Waals surface area contributed by atoms with Gasteiger partial charge in [0.1, 0.15) is 0 Å². The molecule has 0 unspecified atom stereocenters. The monoisotopic (exact) mass is 538 g/mol. The number of aromatic nitrogens is 4. The number of hydrogen-bond donors (Lipinski definition) is 2. The Balaban J connectivity index is 1.41. The minimum atomic E-state index is -0.420. The lowest BCUT2D eigenvalue weighted by atomic mass is 10.2. The van der Waals surface area contributed by atoms with Crippen LogP contribution in [0.5, 0.6) is 0 Å². The standard InChI is InChI=1S/C20H16Cl2N6O2S3/c21-12-4-3-11(8-13(12)22)14-9-32-19(24-14)25-17(30)10-33-20-27-26-18(15-2-1-7-31-15)28(20)6-5-16(23)29/h1-4,7-9H,5-6,10H2,(H2,23,29)(H,24,25,30). The molecule has 33 heavy (non-hydrogen) atoms. The molecule has 0 radical (unpaired) electrons. The van der Waals surface area contributed by atoms with E-state index in [0.29, 0.717) is 38.4 Å². The Kier molecular flexibility index (Phi) is 7.66. The number of thiophene rings is 1. The summed E-state index contributed by atoms with van der Waals surface area (Å²) in [5, 5.41) is 16.9. The molecule has 0 bridgehead atoms. The predicted octanol–water partition coefficient (Wildman–Crippen LogP) is 5.04. The van der Waals surface area contributed by atoms with Gasteiger partial charge in [-0.1, -0.05) is 47.1 Å². The molecular weight excluding hydrogens is 523 g/mol. The van der Waals surface area contributed by atoms with Crippen LogP contribution in [0.4, 0.5) is 5.13 Å². The van der Waals surface area contributed by atoms with Crippen molar-refractivity contribution in [2.75, 3.05) is 11.1 Å². The van der Waals surface area contributed by atoms with Crippen molar-refractivity contribution in [3.05, 3.63) is 51.1 Å². The summed E-state index contributed by atoms with van der Waals surface area (Å²) in [6.45, 7) is 0.332. The van der Waals surface area contributed by atoms with Crippen LogP contribution < -0.4 is 11.1 Å². The van der Waals surface area contributed by atoms with Gasteiger partial charge >= 0.3 is 0 Å². The number of anilines is 1. The fourth-order valence-electron chi connectivity index (χ4n) is 2.81. The van der Waals surface area contributed by atoms with Gasteiger partial charge in [0, 0.05) is 23.9 Å². The van der Waals surface area contributed by atoms with Crippen molar-refractivity contribution in [3.63, 3.8) is 0 Å². The van der Waals surface area contributed by atoms with Crippen LogP contribution in [0.3, 0.4) is 0 Å². The van der Waals surface area contributed by atoms with Crippen LogP contribution in [0, 0.1) is 0 Å².